The fraction of sp³-hybridized carbons (Fsp3) is 0.350. The first-order chi connectivity index (χ1) is 12.9. The van der Waals surface area contributed by atoms with E-state index < -0.39 is 0 Å². The van der Waals surface area contributed by atoms with Crippen molar-refractivity contribution in [3.8, 4) is 11.3 Å². The summed E-state index contributed by atoms with van der Waals surface area (Å²) >= 11 is 12.5. The fourth-order valence-electron chi connectivity index (χ4n) is 3.26. The van der Waals surface area contributed by atoms with E-state index in [1.807, 2.05) is 29.6 Å². The number of anilines is 1. The summed E-state index contributed by atoms with van der Waals surface area (Å²) in [6, 6.07) is 9.67. The zero-order chi connectivity index (χ0) is 19.6. The van der Waals surface area contributed by atoms with E-state index in [4.69, 9.17) is 37.8 Å². The Morgan fingerprint density at radius 2 is 1.75 bits per heavy atom. The van der Waals surface area contributed by atoms with E-state index in [-0.39, 0.29) is 38.8 Å². The van der Waals surface area contributed by atoms with Crippen molar-refractivity contribution < 1.29 is 42.2 Å². The molecule has 0 unspecified atom stereocenters. The molecular weight excluding hydrogens is 474 g/mol. The molecule has 3 rings (SSSR count). The summed E-state index contributed by atoms with van der Waals surface area (Å²) in [5.74, 6) is 0. The second kappa shape index (κ2) is 10.4. The van der Waals surface area contributed by atoms with Crippen molar-refractivity contribution in [2.75, 3.05) is 32.8 Å². The molecule has 1 N–H and O–H groups in total. The third kappa shape index (κ3) is 5.07. The zero-order valence-corrected chi connectivity index (χ0v) is 20.8. The van der Waals surface area contributed by atoms with Gasteiger partial charge in [-0.15, -0.1) is 0 Å². The van der Waals surface area contributed by atoms with Crippen LogP contribution in [0, 0.1) is 13.8 Å². The zero-order valence-electron chi connectivity index (χ0n) is 16.4. The van der Waals surface area contributed by atoms with Crippen LogP contribution in [0.3, 0.4) is 0 Å². The first-order valence-electron chi connectivity index (χ1n) is 8.64. The largest absolute Gasteiger partial charge is 0.382 e. The summed E-state index contributed by atoms with van der Waals surface area (Å²) in [4.78, 5) is 0. The van der Waals surface area contributed by atoms with Gasteiger partial charge in [0.2, 0.25) is 0 Å². The number of nitrogens with one attached hydrogen (secondary N) is 1. The summed E-state index contributed by atoms with van der Waals surface area (Å²) in [6.45, 7) is 5.10. The summed E-state index contributed by atoms with van der Waals surface area (Å²) in [5, 5.41) is 9.44. The number of methoxy groups -OCH3 is 2. The van der Waals surface area contributed by atoms with Crippen LogP contribution in [-0.4, -0.2) is 43.1 Å². The summed E-state index contributed by atoms with van der Waals surface area (Å²) in [6.07, 6.45) is 0. The number of hydrogen-bond donors (Lipinski definition) is 1. The van der Waals surface area contributed by atoms with Gasteiger partial charge in [0.05, 0.1) is 46.9 Å². The van der Waals surface area contributed by atoms with Gasteiger partial charge in [-0.1, -0.05) is 23.2 Å². The number of aromatic nitrogens is 2. The minimum absolute atomic E-state index is 0. The van der Waals surface area contributed by atoms with Gasteiger partial charge in [0, 0.05) is 57.5 Å². The molecule has 0 amide bonds. The van der Waals surface area contributed by atoms with Gasteiger partial charge in [0.25, 0.3) is 0 Å². The van der Waals surface area contributed by atoms with Crippen LogP contribution in [0.5, 0.6) is 0 Å². The number of nitrogens with zero attached hydrogens (tertiary/aromatic N) is 2. The van der Waals surface area contributed by atoms with Crippen LogP contribution >= 0.6 is 23.2 Å². The van der Waals surface area contributed by atoms with E-state index in [9.17, 15) is 0 Å². The van der Waals surface area contributed by atoms with Gasteiger partial charge >= 0.3 is 0 Å². The molecule has 28 heavy (non-hydrogen) atoms. The molecule has 8 heteroatoms. The molecule has 0 aliphatic heterocycles. The summed E-state index contributed by atoms with van der Waals surface area (Å²) < 4.78 is 12.5. The maximum atomic E-state index is 6.47. The Bertz CT molecular complexity index is 956. The topological polar surface area (TPSA) is 47.8 Å². The van der Waals surface area contributed by atoms with E-state index in [1.165, 1.54) is 0 Å². The molecule has 0 aliphatic rings. The SMILES string of the molecule is COCC(COC)Nc1cc(C)nn2c(-c3ccc(Cl)cc3Cl)c(C)cc12.[Y]. The second-order valence-corrected chi connectivity index (χ2v) is 7.39. The Hall–Kier alpha value is -0.686. The van der Waals surface area contributed by atoms with Gasteiger partial charge in [-0.25, -0.2) is 4.52 Å². The molecule has 0 saturated heterocycles. The van der Waals surface area contributed by atoms with Gasteiger partial charge < -0.3 is 14.8 Å². The van der Waals surface area contributed by atoms with Crippen LogP contribution < -0.4 is 5.32 Å². The molecule has 0 saturated carbocycles. The third-order valence-electron chi connectivity index (χ3n) is 4.34. The molecule has 0 atom stereocenters. The van der Waals surface area contributed by atoms with Crippen LogP contribution in [0.1, 0.15) is 11.3 Å². The molecule has 1 radical (unpaired) electrons. The first kappa shape index (κ1) is 23.6. The maximum absolute atomic E-state index is 6.47. The smallest absolute Gasteiger partial charge is 0.0888 e. The molecule has 0 bridgehead atoms. The quantitative estimate of drug-likeness (QED) is 0.500. The van der Waals surface area contributed by atoms with Crippen molar-refractivity contribution in [1.82, 2.24) is 9.61 Å². The number of hydrogen-bond acceptors (Lipinski definition) is 4. The Morgan fingerprint density at radius 3 is 2.36 bits per heavy atom. The van der Waals surface area contributed by atoms with Gasteiger partial charge in [-0.3, -0.25) is 0 Å². The fourth-order valence-corrected chi connectivity index (χ4v) is 3.76. The van der Waals surface area contributed by atoms with E-state index in [0.717, 1.165) is 33.7 Å². The Morgan fingerprint density at radius 1 is 1.07 bits per heavy atom. The normalized spacial score (nSPS) is 11.1. The average molecular weight is 497 g/mol. The molecule has 0 fully saturated rings. The molecule has 0 aliphatic carbocycles. The van der Waals surface area contributed by atoms with Gasteiger partial charge in [0.15, 0.2) is 0 Å². The molecule has 0 spiro atoms. The Balaban J connectivity index is 0.00000280. The van der Waals surface area contributed by atoms with E-state index in [0.29, 0.717) is 23.3 Å². The number of halogens is 2. The predicted octanol–water partition coefficient (Wildman–Crippen LogP) is 5.00. The third-order valence-corrected chi connectivity index (χ3v) is 4.88. The maximum Gasteiger partial charge on any atom is 0.0888 e. The first-order valence-corrected chi connectivity index (χ1v) is 9.40. The van der Waals surface area contributed by atoms with Crippen molar-refractivity contribution in [2.45, 2.75) is 19.9 Å². The molecule has 3 aromatic rings. The molecule has 2 heterocycles. The van der Waals surface area contributed by atoms with Crippen molar-refractivity contribution in [1.29, 1.82) is 0 Å². The Labute approximate surface area is 200 Å². The van der Waals surface area contributed by atoms with Crippen LogP contribution in [0.2, 0.25) is 10.0 Å². The van der Waals surface area contributed by atoms with Crippen LogP contribution in [0.15, 0.2) is 30.3 Å². The van der Waals surface area contributed by atoms with E-state index >= 15 is 0 Å². The predicted molar refractivity (Wildman–Crippen MR) is 111 cm³/mol. The van der Waals surface area contributed by atoms with E-state index in [2.05, 4.69) is 18.3 Å². The number of aryl methyl sites for hydroxylation is 2. The molecule has 2 aromatic heterocycles. The molecular formula is C20H23Cl2N3O2Y. The summed E-state index contributed by atoms with van der Waals surface area (Å²) in [7, 11) is 3.36. The molecule has 5 nitrogen and oxygen atoms in total. The minimum Gasteiger partial charge on any atom is -0.382 e. The second-order valence-electron chi connectivity index (χ2n) is 6.55. The van der Waals surface area contributed by atoms with Gasteiger partial charge in [-0.05, 0) is 49.7 Å². The van der Waals surface area contributed by atoms with Crippen LogP contribution in [-0.2, 0) is 42.2 Å². The van der Waals surface area contributed by atoms with Crippen molar-refractivity contribution in [3.05, 3.63) is 51.6 Å². The van der Waals surface area contributed by atoms with Crippen LogP contribution in [0.25, 0.3) is 16.8 Å². The standard InChI is InChI=1S/C20H23Cl2N3O2.Y/c1-12-7-19-18(23-15(10-26-3)11-27-4)8-13(2)24-25(19)20(12)16-6-5-14(21)9-17(16)22;/h5-9,15,23H,10-11H2,1-4H3;. The van der Waals surface area contributed by atoms with Crippen LogP contribution in [0.4, 0.5) is 5.69 Å². The van der Waals surface area contributed by atoms with Gasteiger partial charge in [-0.2, -0.15) is 5.10 Å². The number of ether oxygens (including phenoxy) is 2. The minimum atomic E-state index is 0. The number of benzene rings is 1. The average Bonchev–Trinajstić information content (AvgIpc) is 2.92. The number of fused-ring (bicyclic) bond motifs is 1. The molecule has 1 aromatic carbocycles. The number of rotatable bonds is 7. The molecule has 147 valence electrons. The monoisotopic (exact) mass is 496 g/mol. The van der Waals surface area contributed by atoms with Crippen molar-refractivity contribution in [3.63, 3.8) is 0 Å². The van der Waals surface area contributed by atoms with E-state index in [1.54, 1.807) is 20.3 Å². The summed E-state index contributed by atoms with van der Waals surface area (Å²) in [5.41, 5.74) is 5.76. The van der Waals surface area contributed by atoms with Crippen molar-refractivity contribution in [2.24, 2.45) is 0 Å². The Kier molecular flexibility index (Phi) is 8.74. The van der Waals surface area contributed by atoms with Crippen molar-refractivity contribution >= 4 is 34.4 Å². The van der Waals surface area contributed by atoms with Gasteiger partial charge in [0.1, 0.15) is 0 Å².